The molecular formula is C13H12ClNOS. The zero-order valence-electron chi connectivity index (χ0n) is 9.10. The van der Waals surface area contributed by atoms with Crippen molar-refractivity contribution in [3.05, 3.63) is 59.1 Å². The van der Waals surface area contributed by atoms with E-state index < -0.39 is 11.2 Å². The summed E-state index contributed by atoms with van der Waals surface area (Å²) in [6.07, 6.45) is 0. The van der Waals surface area contributed by atoms with Crippen molar-refractivity contribution < 1.29 is 4.55 Å². The molecule has 4 heteroatoms. The molecule has 0 aliphatic rings. The zero-order valence-corrected chi connectivity index (χ0v) is 10.7. The van der Waals surface area contributed by atoms with Gasteiger partial charge in [-0.2, -0.15) is 0 Å². The molecule has 2 aromatic rings. The Labute approximate surface area is 109 Å². The fourth-order valence-electron chi connectivity index (χ4n) is 1.53. The van der Waals surface area contributed by atoms with E-state index in [0.29, 0.717) is 21.4 Å². The molecule has 2 rings (SSSR count). The number of rotatable bonds is 3. The standard InChI is InChI=1S/C13H12ClNOS/c14-11-6-7-13(12(15)8-11)17(16)9-10-4-2-1-3-5-10/h1-8H,9,15H2. The van der Waals surface area contributed by atoms with Crippen LogP contribution in [0.15, 0.2) is 53.4 Å². The first-order valence-electron chi connectivity index (χ1n) is 5.14. The molecule has 0 aromatic heterocycles. The van der Waals surface area contributed by atoms with Gasteiger partial charge in [-0.05, 0) is 29.4 Å². The van der Waals surface area contributed by atoms with E-state index in [4.69, 9.17) is 17.3 Å². The Morgan fingerprint density at radius 2 is 1.82 bits per heavy atom. The molecule has 0 radical (unpaired) electrons. The molecule has 0 aliphatic heterocycles. The molecule has 0 spiro atoms. The summed E-state index contributed by atoms with van der Waals surface area (Å²) in [6.45, 7) is 0. The third-order valence-electron chi connectivity index (χ3n) is 2.36. The van der Waals surface area contributed by atoms with E-state index in [1.165, 1.54) is 0 Å². The summed E-state index contributed by atoms with van der Waals surface area (Å²) < 4.78 is 12.1. The highest BCUT2D eigenvalue weighted by molar-refractivity contribution is 7.90. The van der Waals surface area contributed by atoms with Crippen molar-refractivity contribution in [1.82, 2.24) is 0 Å². The van der Waals surface area contributed by atoms with Crippen molar-refractivity contribution in [2.24, 2.45) is 0 Å². The van der Waals surface area contributed by atoms with E-state index in [0.717, 1.165) is 5.56 Å². The Balaban J connectivity index is 2.17. The van der Waals surface area contributed by atoms with Gasteiger partial charge < -0.3 is 10.3 Å². The van der Waals surface area contributed by atoms with E-state index in [2.05, 4.69) is 0 Å². The first-order chi connectivity index (χ1) is 8.16. The summed E-state index contributed by atoms with van der Waals surface area (Å²) in [7, 11) is 0. The van der Waals surface area contributed by atoms with Gasteiger partial charge in [-0.1, -0.05) is 41.9 Å². The van der Waals surface area contributed by atoms with Crippen LogP contribution in [-0.2, 0) is 16.9 Å². The van der Waals surface area contributed by atoms with Crippen molar-refractivity contribution >= 4 is 28.5 Å². The average Bonchev–Trinajstić information content (AvgIpc) is 2.30. The number of halogens is 1. The van der Waals surface area contributed by atoms with Gasteiger partial charge in [0.15, 0.2) is 4.90 Å². The second-order valence-electron chi connectivity index (χ2n) is 3.66. The van der Waals surface area contributed by atoms with Crippen LogP contribution in [0.4, 0.5) is 5.69 Å². The molecule has 0 aliphatic carbocycles. The Hall–Kier alpha value is -1.16. The summed E-state index contributed by atoms with van der Waals surface area (Å²) in [4.78, 5) is 0.637. The fraction of sp³-hybridized carbons (Fsp3) is 0.0769. The van der Waals surface area contributed by atoms with Gasteiger partial charge >= 0.3 is 0 Å². The normalized spacial score (nSPS) is 12.4. The van der Waals surface area contributed by atoms with Gasteiger partial charge in [0.1, 0.15) is 5.75 Å². The van der Waals surface area contributed by atoms with E-state index in [-0.39, 0.29) is 0 Å². The molecule has 0 heterocycles. The Bertz CT molecular complexity index is 504. The molecule has 0 saturated carbocycles. The van der Waals surface area contributed by atoms with Crippen molar-refractivity contribution in [3.63, 3.8) is 0 Å². The lowest BCUT2D eigenvalue weighted by Crippen LogP contribution is -2.07. The maximum atomic E-state index is 12.1. The highest BCUT2D eigenvalue weighted by atomic mass is 35.5. The molecule has 0 bridgehead atoms. The van der Waals surface area contributed by atoms with Crippen LogP contribution < -0.4 is 5.73 Å². The van der Waals surface area contributed by atoms with Crippen molar-refractivity contribution in [2.75, 3.05) is 5.73 Å². The molecule has 0 amide bonds. The summed E-state index contributed by atoms with van der Waals surface area (Å²) in [6, 6.07) is 14.7. The molecule has 2 N–H and O–H groups in total. The largest absolute Gasteiger partial charge is 0.611 e. The van der Waals surface area contributed by atoms with Gasteiger partial charge in [-0.15, -0.1) is 0 Å². The summed E-state index contributed by atoms with van der Waals surface area (Å²) in [5, 5.41) is 0.558. The molecule has 2 aromatic carbocycles. The van der Waals surface area contributed by atoms with E-state index in [9.17, 15) is 4.55 Å². The maximum absolute atomic E-state index is 12.1. The van der Waals surface area contributed by atoms with E-state index in [1.54, 1.807) is 18.2 Å². The monoisotopic (exact) mass is 265 g/mol. The van der Waals surface area contributed by atoms with Crippen LogP contribution in [0.2, 0.25) is 5.02 Å². The number of benzene rings is 2. The SMILES string of the molecule is Nc1cc(Cl)ccc1[S+]([O-])Cc1ccccc1. The highest BCUT2D eigenvalue weighted by Gasteiger charge is 2.15. The van der Waals surface area contributed by atoms with Gasteiger partial charge in [0.05, 0.1) is 5.69 Å². The maximum Gasteiger partial charge on any atom is 0.176 e. The van der Waals surface area contributed by atoms with Gasteiger partial charge in [0.25, 0.3) is 0 Å². The topological polar surface area (TPSA) is 49.1 Å². The lowest BCUT2D eigenvalue weighted by Gasteiger charge is -2.12. The number of anilines is 1. The van der Waals surface area contributed by atoms with Gasteiger partial charge in [-0.3, -0.25) is 0 Å². The second-order valence-corrected chi connectivity index (χ2v) is 5.51. The first-order valence-corrected chi connectivity index (χ1v) is 6.84. The summed E-state index contributed by atoms with van der Waals surface area (Å²) >= 11 is 4.67. The van der Waals surface area contributed by atoms with Crippen molar-refractivity contribution in [3.8, 4) is 0 Å². The molecule has 17 heavy (non-hydrogen) atoms. The predicted molar refractivity (Wildman–Crippen MR) is 72.4 cm³/mol. The molecule has 0 fully saturated rings. The smallest absolute Gasteiger partial charge is 0.176 e. The quantitative estimate of drug-likeness (QED) is 0.684. The molecule has 2 nitrogen and oxygen atoms in total. The highest BCUT2D eigenvalue weighted by Crippen LogP contribution is 2.25. The number of nitrogens with two attached hydrogens (primary N) is 1. The summed E-state index contributed by atoms with van der Waals surface area (Å²) in [5.74, 6) is 0.465. The van der Waals surface area contributed by atoms with Gasteiger partial charge in [0.2, 0.25) is 0 Å². The Morgan fingerprint density at radius 3 is 2.47 bits per heavy atom. The molecule has 88 valence electrons. The van der Waals surface area contributed by atoms with Crippen LogP contribution in [0.5, 0.6) is 0 Å². The number of hydrogen-bond acceptors (Lipinski definition) is 2. The van der Waals surface area contributed by atoms with Crippen LogP contribution in [0, 0.1) is 0 Å². The average molecular weight is 266 g/mol. The first kappa shape index (κ1) is 12.3. The molecule has 1 atom stereocenters. The van der Waals surface area contributed by atoms with Crippen LogP contribution >= 0.6 is 11.6 Å². The molecule has 1 unspecified atom stereocenters. The lowest BCUT2D eigenvalue weighted by atomic mass is 10.2. The summed E-state index contributed by atoms with van der Waals surface area (Å²) in [5.41, 5.74) is 7.30. The third kappa shape index (κ3) is 3.16. The zero-order chi connectivity index (χ0) is 12.3. The Kier molecular flexibility index (Phi) is 3.94. The number of nitrogen functional groups attached to an aromatic ring is 1. The lowest BCUT2D eigenvalue weighted by molar-refractivity contribution is 0.594. The van der Waals surface area contributed by atoms with Crippen molar-refractivity contribution in [1.29, 1.82) is 0 Å². The minimum Gasteiger partial charge on any atom is -0.611 e. The van der Waals surface area contributed by atoms with Gasteiger partial charge in [0, 0.05) is 10.6 Å². The van der Waals surface area contributed by atoms with Crippen LogP contribution in [0.3, 0.4) is 0 Å². The predicted octanol–water partition coefficient (Wildman–Crippen LogP) is 3.23. The Morgan fingerprint density at radius 1 is 1.12 bits per heavy atom. The van der Waals surface area contributed by atoms with Crippen LogP contribution in [0.25, 0.3) is 0 Å². The number of hydrogen-bond donors (Lipinski definition) is 1. The minimum atomic E-state index is -1.14. The minimum absolute atomic E-state index is 0.465. The van der Waals surface area contributed by atoms with Crippen LogP contribution in [0.1, 0.15) is 5.56 Å². The van der Waals surface area contributed by atoms with E-state index >= 15 is 0 Å². The van der Waals surface area contributed by atoms with Gasteiger partial charge in [-0.25, -0.2) is 0 Å². The van der Waals surface area contributed by atoms with Crippen LogP contribution in [-0.4, -0.2) is 4.55 Å². The van der Waals surface area contributed by atoms with Crippen molar-refractivity contribution in [2.45, 2.75) is 10.6 Å². The molecular weight excluding hydrogens is 254 g/mol. The third-order valence-corrected chi connectivity index (χ3v) is 4.05. The molecule has 0 saturated heterocycles. The fourth-order valence-corrected chi connectivity index (χ4v) is 2.90. The second kappa shape index (κ2) is 5.45. The van der Waals surface area contributed by atoms with E-state index in [1.807, 2.05) is 30.3 Å².